The third-order valence-corrected chi connectivity index (χ3v) is 4.84. The lowest BCUT2D eigenvalue weighted by molar-refractivity contribution is 0.0984. The summed E-state index contributed by atoms with van der Waals surface area (Å²) in [6.45, 7) is 1.99. The van der Waals surface area contributed by atoms with E-state index in [1.165, 1.54) is 0 Å². The van der Waals surface area contributed by atoms with Crippen LogP contribution < -0.4 is 5.32 Å². The lowest BCUT2D eigenvalue weighted by Gasteiger charge is -2.25. The van der Waals surface area contributed by atoms with Crippen LogP contribution in [-0.4, -0.2) is 11.6 Å². The van der Waals surface area contributed by atoms with Crippen LogP contribution in [0.15, 0.2) is 90.6 Å². The highest BCUT2D eigenvalue weighted by atomic mass is 16.1. The molecule has 3 heteroatoms. The van der Waals surface area contributed by atoms with Gasteiger partial charge in [-0.2, -0.15) is 0 Å². The Morgan fingerprint density at radius 2 is 1.19 bits per heavy atom. The molecule has 0 heterocycles. The summed E-state index contributed by atoms with van der Waals surface area (Å²) in [5, 5.41) is 3.31. The highest BCUT2D eigenvalue weighted by Gasteiger charge is 2.33. The highest BCUT2D eigenvalue weighted by molar-refractivity contribution is 6.40. The number of carbonyl (C=O) groups excluding carboxylic acids is 2. The molecule has 0 fully saturated rings. The maximum Gasteiger partial charge on any atom is 0.210 e. The predicted molar refractivity (Wildman–Crippen MR) is 106 cm³/mol. The van der Waals surface area contributed by atoms with Gasteiger partial charge in [0.25, 0.3) is 0 Å². The summed E-state index contributed by atoms with van der Waals surface area (Å²) in [5.41, 5.74) is 3.50. The van der Waals surface area contributed by atoms with Crippen LogP contribution in [0.5, 0.6) is 0 Å². The zero-order valence-electron chi connectivity index (χ0n) is 15.0. The number of ketones is 2. The van der Waals surface area contributed by atoms with E-state index >= 15 is 0 Å². The van der Waals surface area contributed by atoms with E-state index in [-0.39, 0.29) is 17.6 Å². The molecule has 0 radical (unpaired) electrons. The van der Waals surface area contributed by atoms with Gasteiger partial charge in [-0.25, -0.2) is 0 Å². The van der Waals surface area contributed by atoms with Gasteiger partial charge in [0, 0.05) is 17.2 Å². The summed E-state index contributed by atoms with van der Waals surface area (Å²) in [7, 11) is 0. The number of benzene rings is 3. The number of allylic oxidation sites excluding steroid dienone is 2. The van der Waals surface area contributed by atoms with E-state index in [1.54, 1.807) is 24.3 Å². The molecule has 1 atom stereocenters. The van der Waals surface area contributed by atoms with E-state index in [9.17, 15) is 9.59 Å². The fraction of sp³-hybridized carbons (Fsp3) is 0.0833. The molecule has 0 spiro atoms. The molecule has 0 bridgehead atoms. The van der Waals surface area contributed by atoms with Gasteiger partial charge in [-0.05, 0) is 18.1 Å². The molecule has 0 amide bonds. The van der Waals surface area contributed by atoms with Crippen molar-refractivity contribution in [2.75, 3.05) is 0 Å². The van der Waals surface area contributed by atoms with Crippen LogP contribution >= 0.6 is 0 Å². The second-order valence-electron chi connectivity index (χ2n) is 6.60. The smallest absolute Gasteiger partial charge is 0.210 e. The molecule has 1 unspecified atom stereocenters. The molecule has 0 saturated carbocycles. The van der Waals surface area contributed by atoms with Crippen molar-refractivity contribution in [1.82, 2.24) is 5.32 Å². The Morgan fingerprint density at radius 1 is 0.667 bits per heavy atom. The first kappa shape index (κ1) is 17.0. The Labute approximate surface area is 158 Å². The van der Waals surface area contributed by atoms with Gasteiger partial charge in [-0.3, -0.25) is 9.59 Å². The Morgan fingerprint density at radius 3 is 1.81 bits per heavy atom. The standard InChI is InChI=1S/C24H19NO2/c1-16(17-10-4-2-5-11-17)25-22-21(18-12-6-3-7-13-18)23(26)19-14-8-9-15-20(19)24(22)27/h2-16,25H,1H3. The number of rotatable bonds is 4. The van der Waals surface area contributed by atoms with E-state index < -0.39 is 0 Å². The van der Waals surface area contributed by atoms with Crippen molar-refractivity contribution >= 4 is 17.1 Å². The fourth-order valence-corrected chi connectivity index (χ4v) is 3.44. The van der Waals surface area contributed by atoms with E-state index in [2.05, 4.69) is 5.32 Å². The molecule has 1 N–H and O–H groups in total. The van der Waals surface area contributed by atoms with Crippen molar-refractivity contribution < 1.29 is 9.59 Å². The minimum atomic E-state index is -0.146. The van der Waals surface area contributed by atoms with Crippen molar-refractivity contribution in [1.29, 1.82) is 0 Å². The largest absolute Gasteiger partial charge is 0.375 e. The van der Waals surface area contributed by atoms with Crippen LogP contribution in [0.1, 0.15) is 44.8 Å². The normalized spacial score (nSPS) is 14.7. The molecule has 0 saturated heterocycles. The number of Topliss-reactive ketones (excluding diaryl/α,β-unsaturated/α-hetero) is 2. The molecule has 0 aliphatic heterocycles. The lowest BCUT2D eigenvalue weighted by Crippen LogP contribution is -2.31. The number of hydrogen-bond donors (Lipinski definition) is 1. The summed E-state index contributed by atoms with van der Waals surface area (Å²) < 4.78 is 0. The van der Waals surface area contributed by atoms with Crippen LogP contribution in [-0.2, 0) is 0 Å². The molecule has 1 aliphatic carbocycles. The Bertz CT molecular complexity index is 1040. The molecule has 3 aromatic rings. The van der Waals surface area contributed by atoms with Gasteiger partial charge in [-0.1, -0.05) is 84.9 Å². The summed E-state index contributed by atoms with van der Waals surface area (Å²) in [5.74, 6) is -0.272. The third-order valence-electron chi connectivity index (χ3n) is 4.84. The number of fused-ring (bicyclic) bond motifs is 1. The number of hydrogen-bond acceptors (Lipinski definition) is 3. The van der Waals surface area contributed by atoms with Crippen molar-refractivity contribution in [3.05, 3.63) is 113 Å². The Hall–Kier alpha value is -3.46. The van der Waals surface area contributed by atoms with Crippen LogP contribution in [0.2, 0.25) is 0 Å². The summed E-state index contributed by atoms with van der Waals surface area (Å²) in [4.78, 5) is 26.5. The first-order valence-electron chi connectivity index (χ1n) is 8.96. The summed E-state index contributed by atoms with van der Waals surface area (Å²) in [6, 6.07) is 26.2. The molecule has 3 aromatic carbocycles. The van der Waals surface area contributed by atoms with E-state index in [4.69, 9.17) is 0 Å². The molecular formula is C24H19NO2. The molecule has 1 aliphatic rings. The van der Waals surface area contributed by atoms with Crippen molar-refractivity contribution in [2.45, 2.75) is 13.0 Å². The maximum absolute atomic E-state index is 13.2. The second-order valence-corrected chi connectivity index (χ2v) is 6.60. The van der Waals surface area contributed by atoms with Crippen molar-refractivity contribution in [3.8, 4) is 0 Å². The fourth-order valence-electron chi connectivity index (χ4n) is 3.44. The number of nitrogens with one attached hydrogen (secondary N) is 1. The Balaban J connectivity index is 1.85. The van der Waals surface area contributed by atoms with Crippen molar-refractivity contribution in [3.63, 3.8) is 0 Å². The van der Waals surface area contributed by atoms with Crippen LogP contribution in [0, 0.1) is 0 Å². The van der Waals surface area contributed by atoms with Crippen molar-refractivity contribution in [2.24, 2.45) is 0 Å². The molecule has 3 nitrogen and oxygen atoms in total. The van der Waals surface area contributed by atoms with Crippen LogP contribution in [0.4, 0.5) is 0 Å². The SMILES string of the molecule is CC(NC1=C(c2ccccc2)C(=O)c2ccccc2C1=O)c1ccccc1. The zero-order chi connectivity index (χ0) is 18.8. The monoisotopic (exact) mass is 353 g/mol. The molecule has 0 aromatic heterocycles. The van der Waals surface area contributed by atoms with Crippen LogP contribution in [0.3, 0.4) is 0 Å². The van der Waals surface area contributed by atoms with Crippen LogP contribution in [0.25, 0.3) is 5.57 Å². The van der Waals surface area contributed by atoms with E-state index in [0.717, 1.165) is 11.1 Å². The summed E-state index contributed by atoms with van der Waals surface area (Å²) in [6.07, 6.45) is 0. The first-order chi connectivity index (χ1) is 13.2. The molecule has 132 valence electrons. The Kier molecular flexibility index (Phi) is 4.43. The third kappa shape index (κ3) is 3.08. The van der Waals surface area contributed by atoms with Gasteiger partial charge < -0.3 is 5.32 Å². The number of carbonyl (C=O) groups is 2. The second kappa shape index (κ2) is 7.04. The van der Waals surface area contributed by atoms with Gasteiger partial charge in [0.1, 0.15) is 0 Å². The molecule has 27 heavy (non-hydrogen) atoms. The van der Waals surface area contributed by atoms with E-state index in [1.807, 2.05) is 67.6 Å². The van der Waals surface area contributed by atoms with Gasteiger partial charge >= 0.3 is 0 Å². The molecule has 4 rings (SSSR count). The predicted octanol–water partition coefficient (Wildman–Crippen LogP) is 4.83. The minimum absolute atomic E-state index is 0.109. The van der Waals surface area contributed by atoms with Gasteiger partial charge in [0.05, 0.1) is 11.3 Å². The van der Waals surface area contributed by atoms with Gasteiger partial charge in [0.2, 0.25) is 5.78 Å². The summed E-state index contributed by atoms with van der Waals surface area (Å²) >= 11 is 0. The maximum atomic E-state index is 13.2. The average molecular weight is 353 g/mol. The highest BCUT2D eigenvalue weighted by Crippen LogP contribution is 2.32. The minimum Gasteiger partial charge on any atom is -0.375 e. The first-order valence-corrected chi connectivity index (χ1v) is 8.96. The molecular weight excluding hydrogens is 334 g/mol. The zero-order valence-corrected chi connectivity index (χ0v) is 15.0. The quantitative estimate of drug-likeness (QED) is 0.731. The van der Waals surface area contributed by atoms with Gasteiger partial charge in [-0.15, -0.1) is 0 Å². The van der Waals surface area contributed by atoms with E-state index in [0.29, 0.717) is 22.4 Å². The lowest BCUT2D eigenvalue weighted by atomic mass is 9.83. The van der Waals surface area contributed by atoms with Gasteiger partial charge in [0.15, 0.2) is 5.78 Å². The topological polar surface area (TPSA) is 46.2 Å². The average Bonchev–Trinajstić information content (AvgIpc) is 2.73.